The number of fused-ring (bicyclic) bond motifs is 1. The lowest BCUT2D eigenvalue weighted by molar-refractivity contribution is 0.0485. The van der Waals surface area contributed by atoms with Crippen LogP contribution < -0.4 is 5.63 Å². The van der Waals surface area contributed by atoms with Crippen LogP contribution in [0.25, 0.3) is 10.8 Å². The Balaban J connectivity index is 2.65. The molecule has 4 nitrogen and oxygen atoms in total. The number of hydrogen-bond acceptors (Lipinski definition) is 4. The molecule has 2 aromatic rings. The highest BCUT2D eigenvalue weighted by Crippen LogP contribution is 2.20. The second-order valence-electron chi connectivity index (χ2n) is 3.32. The summed E-state index contributed by atoms with van der Waals surface area (Å²) in [5.41, 5.74) is -0.642. The molecule has 0 fully saturated rings. The van der Waals surface area contributed by atoms with Crippen molar-refractivity contribution in [3.63, 3.8) is 0 Å². The number of rotatable bonds is 2. The van der Waals surface area contributed by atoms with Crippen LogP contribution in [0.3, 0.4) is 0 Å². The van der Waals surface area contributed by atoms with Crippen molar-refractivity contribution < 1.29 is 13.9 Å². The molecule has 5 heteroatoms. The van der Waals surface area contributed by atoms with Crippen molar-refractivity contribution in [2.75, 3.05) is 6.61 Å². The summed E-state index contributed by atoms with van der Waals surface area (Å²) >= 11 is 5.88. The predicted molar refractivity (Wildman–Crippen MR) is 63.5 cm³/mol. The molecule has 0 aliphatic heterocycles. The first-order chi connectivity index (χ1) is 8.13. The van der Waals surface area contributed by atoms with Gasteiger partial charge in [-0.25, -0.2) is 9.59 Å². The average Bonchev–Trinajstić information content (AvgIpc) is 2.29. The second-order valence-corrected chi connectivity index (χ2v) is 3.73. The lowest BCUT2D eigenvalue weighted by atomic mass is 10.1. The van der Waals surface area contributed by atoms with Gasteiger partial charge in [0.2, 0.25) is 5.76 Å². The molecule has 0 N–H and O–H groups in total. The Bertz CT molecular complexity index is 630. The van der Waals surface area contributed by atoms with Crippen molar-refractivity contribution >= 4 is 28.3 Å². The summed E-state index contributed by atoms with van der Waals surface area (Å²) in [6, 6.07) is 6.41. The van der Waals surface area contributed by atoms with Gasteiger partial charge in [0.1, 0.15) is 0 Å². The molecule has 0 bridgehead atoms. The van der Waals surface area contributed by atoms with Crippen LogP contribution in [0.4, 0.5) is 0 Å². The van der Waals surface area contributed by atoms with Gasteiger partial charge in [-0.2, -0.15) is 0 Å². The summed E-state index contributed by atoms with van der Waals surface area (Å²) in [6.45, 7) is 1.89. The van der Waals surface area contributed by atoms with Crippen molar-refractivity contribution in [1.29, 1.82) is 0 Å². The third kappa shape index (κ3) is 2.17. The van der Waals surface area contributed by atoms with Crippen molar-refractivity contribution in [3.05, 3.63) is 45.5 Å². The van der Waals surface area contributed by atoms with Gasteiger partial charge in [0.15, 0.2) is 0 Å². The molecule has 0 spiro atoms. The zero-order valence-corrected chi connectivity index (χ0v) is 9.78. The summed E-state index contributed by atoms with van der Waals surface area (Å²) in [5, 5.41) is 1.12. The lowest BCUT2D eigenvalue weighted by Crippen LogP contribution is -2.10. The summed E-state index contributed by atoms with van der Waals surface area (Å²) in [7, 11) is 0. The van der Waals surface area contributed by atoms with Gasteiger partial charge < -0.3 is 9.15 Å². The minimum atomic E-state index is -0.661. The molecular weight excluding hydrogens is 244 g/mol. The summed E-state index contributed by atoms with van der Waals surface area (Å²) in [6.07, 6.45) is 0. The Labute approximate surface area is 102 Å². The third-order valence-corrected chi connectivity index (χ3v) is 2.53. The number of carbonyl (C=O) groups is 1. The van der Waals surface area contributed by atoms with E-state index in [9.17, 15) is 9.59 Å². The van der Waals surface area contributed by atoms with E-state index in [4.69, 9.17) is 20.8 Å². The number of esters is 1. The van der Waals surface area contributed by atoms with Crippen molar-refractivity contribution in [3.8, 4) is 0 Å². The van der Waals surface area contributed by atoms with Crippen molar-refractivity contribution in [2.24, 2.45) is 0 Å². The van der Waals surface area contributed by atoms with Crippen LogP contribution in [-0.4, -0.2) is 12.6 Å². The molecule has 0 saturated heterocycles. The molecule has 1 aromatic heterocycles. The van der Waals surface area contributed by atoms with Gasteiger partial charge >= 0.3 is 11.6 Å². The molecule has 0 radical (unpaired) electrons. The van der Waals surface area contributed by atoms with Crippen LogP contribution in [0.15, 0.2) is 33.5 Å². The van der Waals surface area contributed by atoms with Gasteiger partial charge in [-0.05, 0) is 24.4 Å². The fourth-order valence-electron chi connectivity index (χ4n) is 1.50. The third-order valence-electron chi connectivity index (χ3n) is 2.22. The minimum Gasteiger partial charge on any atom is -0.460 e. The number of carbonyl (C=O) groups excluding carboxylic acids is 1. The van der Waals surface area contributed by atoms with Gasteiger partial charge in [-0.3, -0.25) is 0 Å². The molecule has 88 valence electrons. The maximum Gasteiger partial charge on any atom is 0.374 e. The van der Waals surface area contributed by atoms with Crippen LogP contribution >= 0.6 is 11.6 Å². The molecule has 17 heavy (non-hydrogen) atoms. The molecule has 1 heterocycles. The minimum absolute atomic E-state index is 0.119. The highest BCUT2D eigenvalue weighted by molar-refractivity contribution is 6.35. The zero-order chi connectivity index (χ0) is 12.4. The average molecular weight is 253 g/mol. The van der Waals surface area contributed by atoms with Crippen molar-refractivity contribution in [2.45, 2.75) is 6.92 Å². The zero-order valence-electron chi connectivity index (χ0n) is 9.03. The van der Waals surface area contributed by atoms with Gasteiger partial charge in [-0.15, -0.1) is 0 Å². The van der Waals surface area contributed by atoms with E-state index in [1.54, 1.807) is 25.1 Å². The van der Waals surface area contributed by atoms with Gasteiger partial charge in [0.25, 0.3) is 0 Å². The molecule has 0 saturated carbocycles. The molecule has 1 aromatic carbocycles. The van der Waals surface area contributed by atoms with E-state index in [0.29, 0.717) is 10.4 Å². The number of halogens is 1. The van der Waals surface area contributed by atoms with Gasteiger partial charge in [0.05, 0.1) is 17.0 Å². The van der Waals surface area contributed by atoms with E-state index in [0.717, 1.165) is 0 Å². The first kappa shape index (κ1) is 11.7. The Kier molecular flexibility index (Phi) is 3.15. The van der Waals surface area contributed by atoms with E-state index >= 15 is 0 Å². The SMILES string of the molecule is CCOC(=O)c1cc2cccc(Cl)c2c(=O)o1. The standard InChI is InChI=1S/C12H9ClO4/c1-2-16-11(14)9-6-7-4-3-5-8(13)10(7)12(15)17-9/h3-6H,2H2,1H3. The number of hydrogen-bond donors (Lipinski definition) is 0. The maximum atomic E-state index is 11.7. The Hall–Kier alpha value is -1.81. The van der Waals surface area contributed by atoms with Gasteiger partial charge in [0, 0.05) is 0 Å². The number of ether oxygens (including phenoxy) is 1. The van der Waals surface area contributed by atoms with E-state index in [1.165, 1.54) is 6.07 Å². The quantitative estimate of drug-likeness (QED) is 0.771. The molecule has 0 unspecified atom stereocenters. The molecule has 0 amide bonds. The van der Waals surface area contributed by atoms with Crippen molar-refractivity contribution in [1.82, 2.24) is 0 Å². The van der Waals surface area contributed by atoms with Crippen LogP contribution in [0.2, 0.25) is 5.02 Å². The first-order valence-corrected chi connectivity index (χ1v) is 5.40. The van der Waals surface area contributed by atoms with E-state index in [2.05, 4.69) is 0 Å². The Morgan fingerprint density at radius 2 is 2.24 bits per heavy atom. The molecule has 2 rings (SSSR count). The fraction of sp³-hybridized carbons (Fsp3) is 0.167. The highest BCUT2D eigenvalue weighted by atomic mass is 35.5. The fourth-order valence-corrected chi connectivity index (χ4v) is 1.76. The van der Waals surface area contributed by atoms with E-state index in [1.807, 2.05) is 0 Å². The molecular formula is C12H9ClO4. The monoisotopic (exact) mass is 252 g/mol. The Morgan fingerprint density at radius 1 is 1.47 bits per heavy atom. The summed E-state index contributed by atoms with van der Waals surface area (Å²) < 4.78 is 9.63. The maximum absolute atomic E-state index is 11.7. The summed E-state index contributed by atoms with van der Waals surface area (Å²) in [4.78, 5) is 23.1. The topological polar surface area (TPSA) is 56.5 Å². The van der Waals surface area contributed by atoms with Gasteiger partial charge in [-0.1, -0.05) is 23.7 Å². The van der Waals surface area contributed by atoms with Crippen LogP contribution in [0.5, 0.6) is 0 Å². The van der Waals surface area contributed by atoms with E-state index < -0.39 is 11.6 Å². The second kappa shape index (κ2) is 4.59. The molecule has 0 aliphatic carbocycles. The van der Waals surface area contributed by atoms with Crippen LogP contribution in [0, 0.1) is 0 Å². The normalized spacial score (nSPS) is 10.5. The smallest absolute Gasteiger partial charge is 0.374 e. The summed E-state index contributed by atoms with van der Waals surface area (Å²) in [5.74, 6) is -0.780. The predicted octanol–water partition coefficient (Wildman–Crippen LogP) is 2.62. The first-order valence-electron chi connectivity index (χ1n) is 5.03. The largest absolute Gasteiger partial charge is 0.460 e. The molecule has 0 aliphatic rings. The highest BCUT2D eigenvalue weighted by Gasteiger charge is 2.14. The van der Waals surface area contributed by atoms with Crippen LogP contribution in [0.1, 0.15) is 17.5 Å². The van der Waals surface area contributed by atoms with E-state index in [-0.39, 0.29) is 17.8 Å². The molecule has 0 atom stereocenters. The lowest BCUT2D eigenvalue weighted by Gasteiger charge is -2.02. The van der Waals surface area contributed by atoms with Crippen LogP contribution in [-0.2, 0) is 4.74 Å². The Morgan fingerprint density at radius 3 is 2.94 bits per heavy atom. The number of benzene rings is 1.